The number of nitrogen functional groups attached to an aromatic ring is 1. The van der Waals surface area contributed by atoms with E-state index < -0.39 is 11.9 Å². The van der Waals surface area contributed by atoms with Crippen molar-refractivity contribution >= 4 is 11.4 Å². The average Bonchev–Trinajstić information content (AvgIpc) is 2.37. The quantitative estimate of drug-likeness (QED) is 0.851. The standard InChI is InChI=1S/C13H20F3N3/c1-4-12(5-2,6-3)19-10-7-11(13(14,15)16)18-8-9(10)17/h7-8H,4-6,17H2,1-3H3,(H,18,19). The van der Waals surface area contributed by atoms with Crippen LogP contribution in [-0.4, -0.2) is 10.5 Å². The molecule has 0 spiro atoms. The van der Waals surface area contributed by atoms with Gasteiger partial charge in [-0.1, -0.05) is 20.8 Å². The van der Waals surface area contributed by atoms with Gasteiger partial charge in [-0.3, -0.25) is 0 Å². The van der Waals surface area contributed by atoms with E-state index in [0.717, 1.165) is 31.5 Å². The molecule has 19 heavy (non-hydrogen) atoms. The molecule has 0 unspecified atom stereocenters. The average molecular weight is 275 g/mol. The first kappa shape index (κ1) is 15.6. The van der Waals surface area contributed by atoms with Crippen molar-refractivity contribution in [3.05, 3.63) is 18.0 Å². The number of nitrogens with two attached hydrogens (primary N) is 1. The van der Waals surface area contributed by atoms with Gasteiger partial charge in [0.15, 0.2) is 0 Å². The fraction of sp³-hybridized carbons (Fsp3) is 0.615. The van der Waals surface area contributed by atoms with E-state index in [1.807, 2.05) is 20.8 Å². The van der Waals surface area contributed by atoms with Crippen molar-refractivity contribution in [2.24, 2.45) is 0 Å². The van der Waals surface area contributed by atoms with Crippen LogP contribution in [0.1, 0.15) is 45.7 Å². The van der Waals surface area contributed by atoms with E-state index >= 15 is 0 Å². The molecular formula is C13H20F3N3. The van der Waals surface area contributed by atoms with Crippen LogP contribution in [0.5, 0.6) is 0 Å². The maximum Gasteiger partial charge on any atom is 0.433 e. The first-order valence-electron chi connectivity index (χ1n) is 6.39. The van der Waals surface area contributed by atoms with Crippen molar-refractivity contribution in [2.75, 3.05) is 11.1 Å². The van der Waals surface area contributed by atoms with Crippen molar-refractivity contribution in [1.82, 2.24) is 4.98 Å². The van der Waals surface area contributed by atoms with Gasteiger partial charge in [0.1, 0.15) is 5.69 Å². The molecule has 1 rings (SSSR count). The smallest absolute Gasteiger partial charge is 0.396 e. The molecule has 0 saturated heterocycles. The van der Waals surface area contributed by atoms with Crippen LogP contribution in [0.2, 0.25) is 0 Å². The Balaban J connectivity index is 3.13. The summed E-state index contributed by atoms with van der Waals surface area (Å²) in [6.45, 7) is 6.01. The first-order valence-corrected chi connectivity index (χ1v) is 6.39. The highest BCUT2D eigenvalue weighted by Crippen LogP contribution is 2.34. The minimum absolute atomic E-state index is 0.229. The number of alkyl halides is 3. The van der Waals surface area contributed by atoms with Crippen LogP contribution in [0, 0.1) is 0 Å². The Morgan fingerprint density at radius 3 is 2.11 bits per heavy atom. The molecule has 0 aromatic carbocycles. The summed E-state index contributed by atoms with van der Waals surface area (Å²) < 4.78 is 37.9. The molecular weight excluding hydrogens is 255 g/mol. The normalized spacial score (nSPS) is 12.5. The van der Waals surface area contributed by atoms with Crippen molar-refractivity contribution in [3.8, 4) is 0 Å². The highest BCUT2D eigenvalue weighted by atomic mass is 19.4. The van der Waals surface area contributed by atoms with E-state index in [4.69, 9.17) is 5.73 Å². The number of aromatic nitrogens is 1. The van der Waals surface area contributed by atoms with Crippen LogP contribution in [0.25, 0.3) is 0 Å². The zero-order valence-corrected chi connectivity index (χ0v) is 11.4. The molecule has 0 radical (unpaired) electrons. The second-order valence-electron chi connectivity index (χ2n) is 4.62. The van der Waals surface area contributed by atoms with Crippen LogP contribution < -0.4 is 11.1 Å². The first-order chi connectivity index (χ1) is 8.78. The van der Waals surface area contributed by atoms with Gasteiger partial charge in [-0.15, -0.1) is 0 Å². The minimum Gasteiger partial charge on any atom is -0.396 e. The monoisotopic (exact) mass is 275 g/mol. The van der Waals surface area contributed by atoms with Gasteiger partial charge in [0.25, 0.3) is 0 Å². The lowest BCUT2D eigenvalue weighted by molar-refractivity contribution is -0.141. The lowest BCUT2D eigenvalue weighted by Gasteiger charge is -2.33. The van der Waals surface area contributed by atoms with E-state index in [0.29, 0.717) is 5.69 Å². The van der Waals surface area contributed by atoms with Crippen LogP contribution in [0.4, 0.5) is 24.5 Å². The van der Waals surface area contributed by atoms with E-state index in [2.05, 4.69) is 10.3 Å². The predicted octanol–water partition coefficient (Wildman–Crippen LogP) is 4.06. The van der Waals surface area contributed by atoms with E-state index in [1.54, 1.807) is 0 Å². The molecule has 3 nitrogen and oxygen atoms in total. The molecule has 0 aliphatic rings. The highest BCUT2D eigenvalue weighted by molar-refractivity contribution is 5.66. The van der Waals surface area contributed by atoms with Crippen molar-refractivity contribution < 1.29 is 13.2 Å². The summed E-state index contributed by atoms with van der Waals surface area (Å²) in [4.78, 5) is 3.33. The Morgan fingerprint density at radius 1 is 1.16 bits per heavy atom. The molecule has 1 heterocycles. The van der Waals surface area contributed by atoms with E-state index in [-0.39, 0.29) is 11.2 Å². The molecule has 0 aliphatic carbocycles. The third-order valence-electron chi connectivity index (χ3n) is 3.66. The highest BCUT2D eigenvalue weighted by Gasteiger charge is 2.33. The van der Waals surface area contributed by atoms with Gasteiger partial charge in [0.05, 0.1) is 17.6 Å². The van der Waals surface area contributed by atoms with Gasteiger partial charge < -0.3 is 11.1 Å². The Bertz CT molecular complexity index is 417. The lowest BCUT2D eigenvalue weighted by Crippen LogP contribution is -2.36. The van der Waals surface area contributed by atoms with Gasteiger partial charge in [-0.05, 0) is 25.3 Å². The molecule has 0 saturated carbocycles. The molecule has 1 aromatic rings. The molecule has 6 heteroatoms. The Morgan fingerprint density at radius 2 is 1.68 bits per heavy atom. The van der Waals surface area contributed by atoms with Crippen LogP contribution in [0.3, 0.4) is 0 Å². The molecule has 0 aliphatic heterocycles. The zero-order chi connectivity index (χ0) is 14.7. The number of hydrogen-bond donors (Lipinski definition) is 2. The summed E-state index contributed by atoms with van der Waals surface area (Å²) in [5.41, 5.74) is 5.07. The van der Waals surface area contributed by atoms with Crippen molar-refractivity contribution in [3.63, 3.8) is 0 Å². The molecule has 1 aromatic heterocycles. The fourth-order valence-corrected chi connectivity index (χ4v) is 2.03. The SMILES string of the molecule is CCC(CC)(CC)Nc1cc(C(F)(F)F)ncc1N. The largest absolute Gasteiger partial charge is 0.433 e. The number of pyridine rings is 1. The summed E-state index contributed by atoms with van der Waals surface area (Å²) in [5, 5.41) is 3.16. The Kier molecular flexibility index (Phi) is 4.66. The number of rotatable bonds is 5. The predicted molar refractivity (Wildman–Crippen MR) is 70.9 cm³/mol. The maximum absolute atomic E-state index is 12.6. The molecule has 0 bridgehead atoms. The van der Waals surface area contributed by atoms with Crippen LogP contribution in [-0.2, 0) is 6.18 Å². The van der Waals surface area contributed by atoms with Crippen LogP contribution >= 0.6 is 0 Å². The number of anilines is 2. The Hall–Kier alpha value is -1.46. The molecule has 3 N–H and O–H groups in total. The van der Waals surface area contributed by atoms with Gasteiger partial charge in [-0.2, -0.15) is 13.2 Å². The summed E-state index contributed by atoms with van der Waals surface area (Å²) >= 11 is 0. The molecule has 0 atom stereocenters. The van der Waals surface area contributed by atoms with E-state index in [1.165, 1.54) is 0 Å². The Labute approximate surface area is 111 Å². The number of halogens is 3. The topological polar surface area (TPSA) is 50.9 Å². The van der Waals surface area contributed by atoms with Crippen molar-refractivity contribution in [1.29, 1.82) is 0 Å². The van der Waals surface area contributed by atoms with Gasteiger partial charge in [0, 0.05) is 5.54 Å². The number of nitrogens with zero attached hydrogens (tertiary/aromatic N) is 1. The number of nitrogens with one attached hydrogen (secondary N) is 1. The maximum atomic E-state index is 12.6. The molecule has 108 valence electrons. The summed E-state index contributed by atoms with van der Waals surface area (Å²) in [6.07, 6.45) is -0.982. The van der Waals surface area contributed by atoms with Gasteiger partial charge >= 0.3 is 6.18 Å². The summed E-state index contributed by atoms with van der Waals surface area (Å²) in [7, 11) is 0. The molecule has 0 amide bonds. The summed E-state index contributed by atoms with van der Waals surface area (Å²) in [5.74, 6) is 0. The number of hydrogen-bond acceptors (Lipinski definition) is 3. The minimum atomic E-state index is -4.46. The van der Waals surface area contributed by atoms with Gasteiger partial charge in [0.2, 0.25) is 0 Å². The second-order valence-corrected chi connectivity index (χ2v) is 4.62. The third kappa shape index (κ3) is 3.52. The van der Waals surface area contributed by atoms with E-state index in [9.17, 15) is 13.2 Å². The second kappa shape index (κ2) is 5.67. The van der Waals surface area contributed by atoms with Gasteiger partial charge in [-0.25, -0.2) is 4.98 Å². The third-order valence-corrected chi connectivity index (χ3v) is 3.66. The van der Waals surface area contributed by atoms with Crippen molar-refractivity contribution in [2.45, 2.75) is 51.7 Å². The van der Waals surface area contributed by atoms with Crippen LogP contribution in [0.15, 0.2) is 12.3 Å². The molecule has 0 fully saturated rings. The summed E-state index contributed by atoms with van der Waals surface area (Å²) in [6, 6.07) is 0.977. The lowest BCUT2D eigenvalue weighted by atomic mass is 9.89. The fourth-order valence-electron chi connectivity index (χ4n) is 2.03. The zero-order valence-electron chi connectivity index (χ0n) is 11.4.